The van der Waals surface area contributed by atoms with Crippen LogP contribution in [0.4, 0.5) is 5.13 Å². The number of ether oxygens (including phenoxy) is 1. The molecule has 0 bridgehead atoms. The zero-order valence-corrected chi connectivity index (χ0v) is 14.2. The second kappa shape index (κ2) is 6.38. The number of thiazole rings is 1. The molecule has 4 nitrogen and oxygen atoms in total. The monoisotopic (exact) mass is 326 g/mol. The Labute approximate surface area is 139 Å². The molecule has 0 saturated heterocycles. The molecule has 2 aromatic carbocycles. The number of carbonyl (C=O) groups is 1. The zero-order chi connectivity index (χ0) is 16.4. The number of nitrogens with zero attached hydrogens (tertiary/aromatic N) is 1. The first-order chi connectivity index (χ1) is 11.0. The maximum absolute atomic E-state index is 12.1. The summed E-state index contributed by atoms with van der Waals surface area (Å²) in [4.78, 5) is 16.6. The lowest BCUT2D eigenvalue weighted by atomic mass is 10.1. The van der Waals surface area contributed by atoms with E-state index < -0.39 is 0 Å². The molecule has 0 atom stereocenters. The van der Waals surface area contributed by atoms with E-state index >= 15 is 0 Å². The summed E-state index contributed by atoms with van der Waals surface area (Å²) in [5, 5.41) is 3.43. The van der Waals surface area contributed by atoms with Crippen LogP contribution in [0.3, 0.4) is 0 Å². The summed E-state index contributed by atoms with van der Waals surface area (Å²) in [5.41, 5.74) is 4.23. The normalized spacial score (nSPS) is 10.7. The van der Waals surface area contributed by atoms with Crippen LogP contribution in [0.25, 0.3) is 10.2 Å². The maximum atomic E-state index is 12.1. The molecule has 1 heterocycles. The van der Waals surface area contributed by atoms with Crippen LogP contribution in [0.1, 0.15) is 16.7 Å². The molecular formula is C18H18N2O2S. The quantitative estimate of drug-likeness (QED) is 0.780. The van der Waals surface area contributed by atoms with Gasteiger partial charge in [0.1, 0.15) is 5.75 Å². The molecule has 118 valence electrons. The molecule has 0 unspecified atom stereocenters. The van der Waals surface area contributed by atoms with Gasteiger partial charge in [-0.15, -0.1) is 0 Å². The van der Waals surface area contributed by atoms with Crippen LogP contribution >= 0.6 is 11.3 Å². The van der Waals surface area contributed by atoms with Crippen LogP contribution in [0.15, 0.2) is 36.4 Å². The second-order valence-corrected chi connectivity index (χ2v) is 6.50. The van der Waals surface area contributed by atoms with Gasteiger partial charge in [0.25, 0.3) is 5.91 Å². The second-order valence-electron chi connectivity index (χ2n) is 5.50. The average Bonchev–Trinajstić information content (AvgIpc) is 2.95. The van der Waals surface area contributed by atoms with Gasteiger partial charge in [0.05, 0.1) is 10.2 Å². The number of hydrogen-bond acceptors (Lipinski definition) is 4. The summed E-state index contributed by atoms with van der Waals surface area (Å²) in [7, 11) is 0. The van der Waals surface area contributed by atoms with Gasteiger partial charge in [-0.1, -0.05) is 41.7 Å². The third kappa shape index (κ3) is 3.35. The SMILES string of the molecule is Cc1ccccc1OCC(=O)Nc1nc2c(C)ccc(C)c2s1. The lowest BCUT2D eigenvalue weighted by Crippen LogP contribution is -2.20. The predicted molar refractivity (Wildman–Crippen MR) is 94.4 cm³/mol. The molecule has 3 aromatic rings. The number of rotatable bonds is 4. The van der Waals surface area contributed by atoms with Crippen molar-refractivity contribution in [3.63, 3.8) is 0 Å². The Morgan fingerprint density at radius 2 is 1.83 bits per heavy atom. The first-order valence-electron chi connectivity index (χ1n) is 7.39. The van der Waals surface area contributed by atoms with Crippen molar-refractivity contribution in [1.82, 2.24) is 4.98 Å². The van der Waals surface area contributed by atoms with Crippen molar-refractivity contribution in [2.75, 3.05) is 11.9 Å². The fourth-order valence-electron chi connectivity index (χ4n) is 2.33. The van der Waals surface area contributed by atoms with Gasteiger partial charge in [0.15, 0.2) is 11.7 Å². The summed E-state index contributed by atoms with van der Waals surface area (Å²) in [6.45, 7) is 5.99. The summed E-state index contributed by atoms with van der Waals surface area (Å²) < 4.78 is 6.67. The minimum absolute atomic E-state index is 0.0290. The fraction of sp³-hybridized carbons (Fsp3) is 0.222. The van der Waals surface area contributed by atoms with Crippen molar-refractivity contribution in [2.45, 2.75) is 20.8 Å². The molecule has 0 aliphatic carbocycles. The lowest BCUT2D eigenvalue weighted by Gasteiger charge is -2.07. The topological polar surface area (TPSA) is 51.2 Å². The van der Waals surface area contributed by atoms with Crippen LogP contribution in [0.5, 0.6) is 5.75 Å². The van der Waals surface area contributed by atoms with Crippen molar-refractivity contribution < 1.29 is 9.53 Å². The van der Waals surface area contributed by atoms with E-state index in [1.165, 1.54) is 16.9 Å². The Kier molecular flexibility index (Phi) is 4.30. The molecule has 1 N–H and O–H groups in total. The Hall–Kier alpha value is -2.40. The average molecular weight is 326 g/mol. The molecule has 1 amide bonds. The number of nitrogens with one attached hydrogen (secondary N) is 1. The van der Waals surface area contributed by atoms with Crippen LogP contribution in [0, 0.1) is 20.8 Å². The number of amides is 1. The number of aryl methyl sites for hydroxylation is 3. The highest BCUT2D eigenvalue weighted by Gasteiger charge is 2.11. The number of anilines is 1. The van der Waals surface area contributed by atoms with Crippen LogP contribution in [-0.4, -0.2) is 17.5 Å². The molecule has 3 rings (SSSR count). The molecule has 0 aliphatic heterocycles. The van der Waals surface area contributed by atoms with Gasteiger partial charge < -0.3 is 4.74 Å². The Morgan fingerprint density at radius 1 is 1.09 bits per heavy atom. The van der Waals surface area contributed by atoms with Gasteiger partial charge in [-0.3, -0.25) is 10.1 Å². The Bertz CT molecular complexity index is 832. The molecule has 23 heavy (non-hydrogen) atoms. The largest absolute Gasteiger partial charge is 0.483 e. The minimum atomic E-state index is -0.206. The summed E-state index contributed by atoms with van der Waals surface area (Å²) in [5.74, 6) is 0.515. The van der Waals surface area contributed by atoms with E-state index in [2.05, 4.69) is 16.4 Å². The van der Waals surface area contributed by atoms with Gasteiger partial charge in [-0.25, -0.2) is 4.98 Å². The van der Waals surface area contributed by atoms with E-state index in [4.69, 9.17) is 4.74 Å². The van der Waals surface area contributed by atoms with E-state index in [1.54, 1.807) is 0 Å². The standard InChI is InChI=1S/C18H18N2O2S/c1-11-6-4-5-7-14(11)22-10-15(21)19-18-20-16-12(2)8-9-13(3)17(16)23-18/h4-9H,10H2,1-3H3,(H,19,20,21). The minimum Gasteiger partial charge on any atom is -0.483 e. The molecule has 0 radical (unpaired) electrons. The van der Waals surface area contributed by atoms with Crippen LogP contribution in [0.2, 0.25) is 0 Å². The Balaban J connectivity index is 1.70. The number of hydrogen-bond donors (Lipinski definition) is 1. The number of fused-ring (bicyclic) bond motifs is 1. The molecular weight excluding hydrogens is 308 g/mol. The van der Waals surface area contributed by atoms with E-state index in [0.29, 0.717) is 5.13 Å². The van der Waals surface area contributed by atoms with Gasteiger partial charge >= 0.3 is 0 Å². The summed E-state index contributed by atoms with van der Waals surface area (Å²) in [6, 6.07) is 11.7. The zero-order valence-electron chi connectivity index (χ0n) is 13.3. The third-order valence-electron chi connectivity index (χ3n) is 3.64. The highest BCUT2D eigenvalue weighted by Crippen LogP contribution is 2.30. The highest BCUT2D eigenvalue weighted by atomic mass is 32.1. The summed E-state index contributed by atoms with van der Waals surface area (Å²) >= 11 is 1.49. The number of para-hydroxylation sites is 1. The maximum Gasteiger partial charge on any atom is 0.264 e. The number of carbonyl (C=O) groups excluding carboxylic acids is 1. The molecule has 1 aromatic heterocycles. The van der Waals surface area contributed by atoms with Gasteiger partial charge in [-0.2, -0.15) is 0 Å². The molecule has 0 saturated carbocycles. The van der Waals surface area contributed by atoms with Crippen molar-refractivity contribution in [3.8, 4) is 5.75 Å². The van der Waals surface area contributed by atoms with Crippen molar-refractivity contribution >= 4 is 32.6 Å². The van der Waals surface area contributed by atoms with Crippen LogP contribution in [-0.2, 0) is 4.79 Å². The van der Waals surface area contributed by atoms with Gasteiger partial charge in [0.2, 0.25) is 0 Å². The first kappa shape index (κ1) is 15.5. The fourth-order valence-corrected chi connectivity index (χ4v) is 3.36. The molecule has 0 aliphatic rings. The smallest absolute Gasteiger partial charge is 0.264 e. The van der Waals surface area contributed by atoms with Crippen molar-refractivity contribution in [2.24, 2.45) is 0 Å². The van der Waals surface area contributed by atoms with Crippen molar-refractivity contribution in [1.29, 1.82) is 0 Å². The first-order valence-corrected chi connectivity index (χ1v) is 8.21. The number of aromatic nitrogens is 1. The molecule has 0 spiro atoms. The molecule has 0 fully saturated rings. The van der Waals surface area contributed by atoms with Crippen molar-refractivity contribution in [3.05, 3.63) is 53.1 Å². The highest BCUT2D eigenvalue weighted by molar-refractivity contribution is 7.22. The number of benzene rings is 2. The van der Waals surface area contributed by atoms with Crippen LogP contribution < -0.4 is 10.1 Å². The summed E-state index contributed by atoms with van der Waals surface area (Å²) in [6.07, 6.45) is 0. The van der Waals surface area contributed by atoms with E-state index in [1.807, 2.05) is 51.1 Å². The predicted octanol–water partition coefficient (Wildman–Crippen LogP) is 4.24. The van der Waals surface area contributed by atoms with E-state index in [9.17, 15) is 4.79 Å². The third-order valence-corrected chi connectivity index (χ3v) is 4.75. The van der Waals surface area contributed by atoms with E-state index in [0.717, 1.165) is 27.1 Å². The molecule has 5 heteroatoms. The Morgan fingerprint density at radius 3 is 2.57 bits per heavy atom. The lowest BCUT2D eigenvalue weighted by molar-refractivity contribution is -0.118. The van der Waals surface area contributed by atoms with Gasteiger partial charge in [-0.05, 0) is 43.5 Å². The van der Waals surface area contributed by atoms with E-state index in [-0.39, 0.29) is 12.5 Å². The van der Waals surface area contributed by atoms with Gasteiger partial charge in [0, 0.05) is 0 Å².